The molecule has 1 N–H and O–H groups in total. The normalized spacial score (nSPS) is 44.1. The third-order valence-corrected chi connectivity index (χ3v) is 5.68. The van der Waals surface area contributed by atoms with E-state index in [-0.39, 0.29) is 0 Å². The Morgan fingerprint density at radius 1 is 1.25 bits per heavy atom. The fourth-order valence-corrected chi connectivity index (χ4v) is 3.42. The van der Waals surface area contributed by atoms with E-state index in [1.165, 1.54) is 18.6 Å². The third kappa shape index (κ3) is 2.28. The molecular weight excluding hydrogens is 216 g/mol. The van der Waals surface area contributed by atoms with Gasteiger partial charge in [0.05, 0.1) is 5.60 Å². The molecule has 1 nitrogen and oxygen atoms in total. The molecule has 3 rings (SSSR count). The molecule has 0 radical (unpaired) electrons. The van der Waals surface area contributed by atoms with Crippen molar-refractivity contribution in [1.82, 2.24) is 0 Å². The molecule has 3 saturated carbocycles. The smallest absolute Gasteiger partial charge is 0.0678 e. The van der Waals surface area contributed by atoms with E-state index in [1.807, 2.05) is 18.7 Å². The molecule has 3 aliphatic carbocycles. The molecule has 3 unspecified atom stereocenters. The largest absolute Gasteiger partial charge is 0.390 e. The highest BCUT2D eigenvalue weighted by atomic mass is 32.2. The van der Waals surface area contributed by atoms with E-state index in [0.717, 1.165) is 5.92 Å². The zero-order valence-electron chi connectivity index (χ0n) is 11.7. The van der Waals surface area contributed by atoms with Gasteiger partial charge >= 0.3 is 0 Å². The zero-order valence-corrected chi connectivity index (χ0v) is 12.5. The summed E-state index contributed by atoms with van der Waals surface area (Å²) in [6, 6.07) is 0. The van der Waals surface area contributed by atoms with Crippen LogP contribution in [0.1, 0.15) is 47.5 Å². The van der Waals surface area contributed by atoms with Crippen LogP contribution in [0.2, 0.25) is 0 Å². The Hall–Kier alpha value is 0.310. The van der Waals surface area contributed by atoms with Gasteiger partial charge in [-0.15, -0.1) is 0 Å². The van der Waals surface area contributed by atoms with Crippen molar-refractivity contribution < 1.29 is 5.11 Å². The molecule has 3 aliphatic rings. The summed E-state index contributed by atoms with van der Waals surface area (Å²) >= 11 is 1.86. The number of aliphatic hydroxyl groups is 1. The van der Waals surface area contributed by atoms with E-state index in [0.29, 0.717) is 17.3 Å². The monoisotopic (exact) mass is 244 g/mol. The van der Waals surface area contributed by atoms with Gasteiger partial charge in [-0.05, 0) is 54.9 Å². The van der Waals surface area contributed by atoms with Crippen molar-refractivity contribution in [3.8, 4) is 0 Å². The van der Waals surface area contributed by atoms with Gasteiger partial charge in [-0.2, -0.15) is 11.8 Å². The molecule has 3 fully saturated rings. The summed E-state index contributed by atoms with van der Waals surface area (Å²) in [5, 5.41) is 10.3. The number of hydrogen-bond donors (Lipinski definition) is 1. The highest BCUT2D eigenvalue weighted by Gasteiger charge is 2.61. The van der Waals surface area contributed by atoms with Crippen molar-refractivity contribution in [2.24, 2.45) is 23.2 Å². The summed E-state index contributed by atoms with van der Waals surface area (Å²) < 4.78 is 0. The predicted octanol–water partition coefficient (Wildman–Crippen LogP) is 3.81. The van der Waals surface area contributed by atoms with Crippen LogP contribution >= 0.6 is 11.8 Å². The average Bonchev–Trinajstić information content (AvgIpc) is 2.21. The molecule has 2 bridgehead atoms. The van der Waals surface area contributed by atoms with E-state index in [9.17, 15) is 5.11 Å². The van der Waals surface area contributed by atoms with Crippen molar-refractivity contribution in [3.05, 3.63) is 0 Å². The van der Waals surface area contributed by atoms with Crippen LogP contribution in [0.3, 0.4) is 0 Å². The first-order valence-corrected chi connectivity index (χ1v) is 7.89. The maximum absolute atomic E-state index is 10.3. The number of thioether (sulfide) groups is 1. The van der Waals surface area contributed by atoms with Gasteiger partial charge in [0.1, 0.15) is 0 Å². The molecule has 0 aromatic heterocycles. The highest BCUT2D eigenvalue weighted by Crippen LogP contribution is 2.64. The maximum Gasteiger partial charge on any atom is 0.0678 e. The Bertz CT molecular complexity index is 233. The summed E-state index contributed by atoms with van der Waals surface area (Å²) in [6.45, 7) is 11.0. The van der Waals surface area contributed by atoms with E-state index < -0.39 is 5.60 Å². The van der Waals surface area contributed by atoms with E-state index in [4.69, 9.17) is 0 Å². The van der Waals surface area contributed by atoms with Crippen molar-refractivity contribution >= 4 is 11.8 Å². The fourth-order valence-electron chi connectivity index (χ4n) is 3.42. The second-order valence-corrected chi connectivity index (χ2v) is 7.40. The molecule has 0 spiro atoms. The lowest BCUT2D eigenvalue weighted by molar-refractivity contribution is -0.220. The van der Waals surface area contributed by atoms with Gasteiger partial charge in [0, 0.05) is 0 Å². The highest BCUT2D eigenvalue weighted by molar-refractivity contribution is 7.98. The summed E-state index contributed by atoms with van der Waals surface area (Å²) in [7, 11) is 0. The van der Waals surface area contributed by atoms with Crippen molar-refractivity contribution in [1.29, 1.82) is 0 Å². The van der Waals surface area contributed by atoms with Gasteiger partial charge in [0.15, 0.2) is 0 Å². The van der Waals surface area contributed by atoms with E-state index in [2.05, 4.69) is 34.0 Å². The lowest BCUT2D eigenvalue weighted by Gasteiger charge is -2.65. The molecule has 0 saturated heterocycles. The molecule has 96 valence electrons. The number of fused-ring (bicyclic) bond motifs is 2. The van der Waals surface area contributed by atoms with Crippen LogP contribution in [0.25, 0.3) is 0 Å². The maximum atomic E-state index is 10.3. The lowest BCUT2D eigenvalue weighted by Crippen LogP contribution is -2.63. The van der Waals surface area contributed by atoms with Gasteiger partial charge in [-0.3, -0.25) is 0 Å². The number of hydrogen-bond acceptors (Lipinski definition) is 2. The molecule has 0 heterocycles. The minimum Gasteiger partial charge on any atom is -0.390 e. The first-order valence-electron chi connectivity index (χ1n) is 6.49. The Morgan fingerprint density at radius 3 is 2.00 bits per heavy atom. The van der Waals surface area contributed by atoms with Crippen LogP contribution in [-0.2, 0) is 0 Å². The van der Waals surface area contributed by atoms with Gasteiger partial charge in [0.2, 0.25) is 0 Å². The first kappa shape index (κ1) is 14.4. The zero-order chi connectivity index (χ0) is 12.6. The van der Waals surface area contributed by atoms with Crippen molar-refractivity contribution in [3.63, 3.8) is 0 Å². The minimum absolute atomic E-state index is 0.399. The van der Waals surface area contributed by atoms with Crippen molar-refractivity contribution in [2.45, 2.75) is 53.1 Å². The van der Waals surface area contributed by atoms with Crippen LogP contribution in [0, 0.1) is 23.2 Å². The van der Waals surface area contributed by atoms with E-state index in [1.54, 1.807) is 0 Å². The van der Waals surface area contributed by atoms with Crippen LogP contribution in [0.4, 0.5) is 0 Å². The molecule has 4 atom stereocenters. The topological polar surface area (TPSA) is 20.2 Å². The quantitative estimate of drug-likeness (QED) is 0.757. The minimum atomic E-state index is -0.405. The van der Waals surface area contributed by atoms with Crippen LogP contribution in [-0.4, -0.2) is 22.7 Å². The third-order valence-electron chi connectivity index (χ3n) is 5.10. The fraction of sp³-hybridized carbons (Fsp3) is 1.00. The summed E-state index contributed by atoms with van der Waals surface area (Å²) in [6.07, 6.45) is 4.57. The lowest BCUT2D eigenvalue weighted by atomic mass is 9.42. The summed E-state index contributed by atoms with van der Waals surface area (Å²) in [5.74, 6) is 3.14. The number of rotatable bonds is 1. The molecule has 0 aliphatic heterocycles. The second-order valence-electron chi connectivity index (χ2n) is 6.25. The van der Waals surface area contributed by atoms with Crippen LogP contribution < -0.4 is 0 Å². The standard InChI is InChI=1S/C11H20O.C3H8S/c1-7-5-8-6-9(10(8,2)3)11(7,4)12;1-3-4-2/h7-9,12H,5-6H2,1-4H3;3H2,1-2H3/t7?,8?,9?,11-;/m0./s1. The molecular formula is C14H28OS. The van der Waals surface area contributed by atoms with Gasteiger partial charge in [-0.25, -0.2) is 0 Å². The molecule has 0 aromatic carbocycles. The molecule has 16 heavy (non-hydrogen) atoms. The predicted molar refractivity (Wildman–Crippen MR) is 73.8 cm³/mol. The van der Waals surface area contributed by atoms with E-state index >= 15 is 0 Å². The molecule has 0 aromatic rings. The van der Waals surface area contributed by atoms with Gasteiger partial charge < -0.3 is 5.11 Å². The first-order chi connectivity index (χ1) is 7.28. The second kappa shape index (κ2) is 4.89. The van der Waals surface area contributed by atoms with Crippen LogP contribution in [0.15, 0.2) is 0 Å². The van der Waals surface area contributed by atoms with Crippen LogP contribution in [0.5, 0.6) is 0 Å². The Morgan fingerprint density at radius 2 is 1.75 bits per heavy atom. The van der Waals surface area contributed by atoms with Crippen molar-refractivity contribution in [2.75, 3.05) is 12.0 Å². The Balaban J connectivity index is 0.000000280. The average molecular weight is 244 g/mol. The molecule has 0 amide bonds. The van der Waals surface area contributed by atoms with Gasteiger partial charge in [-0.1, -0.05) is 27.7 Å². The Kier molecular flexibility index (Phi) is 4.40. The summed E-state index contributed by atoms with van der Waals surface area (Å²) in [5.41, 5.74) is -0.00569. The van der Waals surface area contributed by atoms with Gasteiger partial charge in [0.25, 0.3) is 0 Å². The summed E-state index contributed by atoms with van der Waals surface area (Å²) in [4.78, 5) is 0. The molecule has 2 heteroatoms. The SMILES string of the molecule is CC1CC2CC(C2(C)C)[C@@]1(C)O.CCSC. The Labute approximate surface area is 105 Å².